The fourth-order valence-electron chi connectivity index (χ4n) is 3.30. The van der Waals surface area contributed by atoms with Crippen LogP contribution >= 0.6 is 11.6 Å². The smallest absolute Gasteiger partial charge is 0.163 e. The molecule has 0 bridgehead atoms. The summed E-state index contributed by atoms with van der Waals surface area (Å²) in [5.41, 5.74) is 4.07. The molecule has 1 fully saturated rings. The first-order valence-electron chi connectivity index (χ1n) is 8.99. The first-order chi connectivity index (χ1) is 13.1. The van der Waals surface area contributed by atoms with Gasteiger partial charge in [0.15, 0.2) is 5.82 Å². The van der Waals surface area contributed by atoms with Crippen molar-refractivity contribution < 1.29 is 4.74 Å². The zero-order chi connectivity index (χ0) is 18.8. The summed E-state index contributed by atoms with van der Waals surface area (Å²) in [7, 11) is 0. The molecule has 5 nitrogen and oxygen atoms in total. The van der Waals surface area contributed by atoms with Gasteiger partial charge in [0.05, 0.1) is 6.61 Å². The lowest BCUT2D eigenvalue weighted by molar-refractivity contribution is 0.0395. The minimum Gasteiger partial charge on any atom is -0.370 e. The Kier molecular flexibility index (Phi) is 5.05. The second-order valence-corrected chi connectivity index (χ2v) is 7.12. The summed E-state index contributed by atoms with van der Waals surface area (Å²) in [4.78, 5) is 16.0. The number of rotatable bonds is 3. The number of benzene rings is 1. The number of halogens is 1. The number of aromatic nitrogens is 3. The minimum atomic E-state index is -0.0334. The van der Waals surface area contributed by atoms with Gasteiger partial charge >= 0.3 is 0 Å². The van der Waals surface area contributed by atoms with E-state index in [0.29, 0.717) is 12.4 Å². The molecule has 2 aromatic heterocycles. The number of morpholine rings is 1. The van der Waals surface area contributed by atoms with Crippen LogP contribution in [0.4, 0.5) is 5.82 Å². The van der Waals surface area contributed by atoms with E-state index < -0.39 is 0 Å². The molecule has 1 atom stereocenters. The third kappa shape index (κ3) is 3.80. The molecule has 4 rings (SSSR count). The summed E-state index contributed by atoms with van der Waals surface area (Å²) < 4.78 is 6.00. The van der Waals surface area contributed by atoms with Crippen molar-refractivity contribution in [1.82, 2.24) is 15.0 Å². The number of ether oxygens (including phenoxy) is 1. The van der Waals surface area contributed by atoms with Gasteiger partial charge in [-0.15, -0.1) is 0 Å². The maximum atomic E-state index is 6.16. The molecule has 0 amide bonds. The Bertz CT molecular complexity index is 948. The van der Waals surface area contributed by atoms with Crippen LogP contribution in [-0.2, 0) is 4.74 Å². The SMILES string of the molecule is Cc1nc(-c2cccnc2)nc(N2CCOC(c3cccc(Cl)c3)C2)c1C. The van der Waals surface area contributed by atoms with Crippen molar-refractivity contribution in [2.45, 2.75) is 20.0 Å². The molecule has 0 saturated carbocycles. The first-order valence-corrected chi connectivity index (χ1v) is 9.37. The highest BCUT2D eigenvalue weighted by Gasteiger charge is 2.25. The molecule has 3 aromatic rings. The molecule has 3 heterocycles. The predicted molar refractivity (Wildman–Crippen MR) is 107 cm³/mol. The molecule has 0 radical (unpaired) electrons. The molecule has 1 saturated heterocycles. The van der Waals surface area contributed by atoms with Crippen LogP contribution in [-0.4, -0.2) is 34.6 Å². The second kappa shape index (κ2) is 7.62. The number of anilines is 1. The summed E-state index contributed by atoms with van der Waals surface area (Å²) in [5, 5.41) is 0.723. The Balaban J connectivity index is 1.67. The van der Waals surface area contributed by atoms with E-state index >= 15 is 0 Å². The molecule has 138 valence electrons. The van der Waals surface area contributed by atoms with Crippen LogP contribution in [0.3, 0.4) is 0 Å². The zero-order valence-corrected chi connectivity index (χ0v) is 16.1. The number of pyridine rings is 1. The normalized spacial score (nSPS) is 17.1. The van der Waals surface area contributed by atoms with Crippen molar-refractivity contribution in [1.29, 1.82) is 0 Å². The van der Waals surface area contributed by atoms with Gasteiger partial charge in [-0.05, 0) is 43.7 Å². The van der Waals surface area contributed by atoms with Gasteiger partial charge < -0.3 is 9.64 Å². The maximum absolute atomic E-state index is 6.16. The topological polar surface area (TPSA) is 51.1 Å². The molecule has 0 N–H and O–H groups in total. The molecule has 0 spiro atoms. The number of hydrogen-bond acceptors (Lipinski definition) is 5. The minimum absolute atomic E-state index is 0.0334. The van der Waals surface area contributed by atoms with Crippen LogP contribution in [0.5, 0.6) is 0 Å². The standard InChI is InChI=1S/C21H21ClN4O/c1-14-15(2)24-20(17-6-4-8-23-12-17)25-21(14)26-9-10-27-19(13-26)16-5-3-7-18(22)11-16/h3-8,11-12,19H,9-10,13H2,1-2H3. The third-order valence-corrected chi connectivity index (χ3v) is 5.10. The van der Waals surface area contributed by atoms with Gasteiger partial charge in [-0.1, -0.05) is 23.7 Å². The van der Waals surface area contributed by atoms with Gasteiger partial charge in [-0.3, -0.25) is 4.98 Å². The van der Waals surface area contributed by atoms with E-state index in [2.05, 4.69) is 27.9 Å². The van der Waals surface area contributed by atoms with Crippen LogP contribution in [0.2, 0.25) is 5.02 Å². The zero-order valence-electron chi connectivity index (χ0n) is 15.4. The average molecular weight is 381 g/mol. The largest absolute Gasteiger partial charge is 0.370 e. The van der Waals surface area contributed by atoms with Gasteiger partial charge in [0.2, 0.25) is 0 Å². The van der Waals surface area contributed by atoms with Crippen molar-refractivity contribution in [3.63, 3.8) is 0 Å². The van der Waals surface area contributed by atoms with E-state index in [1.165, 1.54) is 0 Å². The highest BCUT2D eigenvalue weighted by atomic mass is 35.5. The fraction of sp³-hybridized carbons (Fsp3) is 0.286. The lowest BCUT2D eigenvalue weighted by Gasteiger charge is -2.35. The van der Waals surface area contributed by atoms with Crippen molar-refractivity contribution in [3.05, 3.63) is 70.6 Å². The summed E-state index contributed by atoms with van der Waals surface area (Å²) >= 11 is 6.16. The lowest BCUT2D eigenvalue weighted by atomic mass is 10.1. The summed E-state index contributed by atoms with van der Waals surface area (Å²) in [6, 6.07) is 11.7. The lowest BCUT2D eigenvalue weighted by Crippen LogP contribution is -2.39. The Morgan fingerprint density at radius 3 is 2.81 bits per heavy atom. The van der Waals surface area contributed by atoms with Crippen LogP contribution in [0, 0.1) is 13.8 Å². The first kappa shape index (κ1) is 17.9. The molecule has 1 aliphatic heterocycles. The van der Waals surface area contributed by atoms with E-state index in [1.54, 1.807) is 12.4 Å². The van der Waals surface area contributed by atoms with Gasteiger partial charge in [-0.25, -0.2) is 9.97 Å². The van der Waals surface area contributed by atoms with E-state index in [4.69, 9.17) is 21.3 Å². The van der Waals surface area contributed by atoms with Crippen LogP contribution in [0.25, 0.3) is 11.4 Å². The number of nitrogens with zero attached hydrogens (tertiary/aromatic N) is 4. The van der Waals surface area contributed by atoms with E-state index in [0.717, 1.165) is 46.3 Å². The predicted octanol–water partition coefficient (Wildman–Crippen LogP) is 4.39. The van der Waals surface area contributed by atoms with E-state index in [9.17, 15) is 0 Å². The van der Waals surface area contributed by atoms with Crippen molar-refractivity contribution >= 4 is 17.4 Å². The highest BCUT2D eigenvalue weighted by Crippen LogP contribution is 2.30. The molecule has 1 aliphatic rings. The summed E-state index contributed by atoms with van der Waals surface area (Å²) in [6.45, 7) is 6.25. The van der Waals surface area contributed by atoms with Crippen LogP contribution < -0.4 is 4.90 Å². The molecule has 6 heteroatoms. The monoisotopic (exact) mass is 380 g/mol. The summed E-state index contributed by atoms with van der Waals surface area (Å²) in [5.74, 6) is 1.66. The molecule has 1 unspecified atom stereocenters. The van der Waals surface area contributed by atoms with E-state index in [1.807, 2.05) is 37.3 Å². The van der Waals surface area contributed by atoms with Gasteiger partial charge in [0.25, 0.3) is 0 Å². The summed E-state index contributed by atoms with van der Waals surface area (Å²) in [6.07, 6.45) is 3.51. The molecular formula is C21H21ClN4O. The van der Waals surface area contributed by atoms with E-state index in [-0.39, 0.29) is 6.10 Å². The third-order valence-electron chi connectivity index (χ3n) is 4.87. The van der Waals surface area contributed by atoms with Crippen molar-refractivity contribution in [2.24, 2.45) is 0 Å². The van der Waals surface area contributed by atoms with Crippen LogP contribution in [0.15, 0.2) is 48.8 Å². The number of aryl methyl sites for hydroxylation is 1. The van der Waals surface area contributed by atoms with Crippen molar-refractivity contribution in [3.8, 4) is 11.4 Å². The molecular weight excluding hydrogens is 360 g/mol. The average Bonchev–Trinajstić information content (AvgIpc) is 2.71. The van der Waals surface area contributed by atoms with Gasteiger partial charge in [-0.2, -0.15) is 0 Å². The molecule has 1 aromatic carbocycles. The van der Waals surface area contributed by atoms with Crippen molar-refractivity contribution in [2.75, 3.05) is 24.6 Å². The molecule has 27 heavy (non-hydrogen) atoms. The second-order valence-electron chi connectivity index (χ2n) is 6.68. The Morgan fingerprint density at radius 2 is 2.04 bits per heavy atom. The fourth-order valence-corrected chi connectivity index (χ4v) is 3.49. The highest BCUT2D eigenvalue weighted by molar-refractivity contribution is 6.30. The molecule has 0 aliphatic carbocycles. The van der Waals surface area contributed by atoms with Gasteiger partial charge in [0.1, 0.15) is 11.9 Å². The maximum Gasteiger partial charge on any atom is 0.163 e. The Labute approximate surface area is 164 Å². The van der Waals surface area contributed by atoms with Gasteiger partial charge in [0, 0.05) is 47.3 Å². The quantitative estimate of drug-likeness (QED) is 0.674. The Morgan fingerprint density at radius 1 is 1.15 bits per heavy atom. The number of hydrogen-bond donors (Lipinski definition) is 0. The van der Waals surface area contributed by atoms with Crippen LogP contribution in [0.1, 0.15) is 22.9 Å². The Hall–Kier alpha value is -2.50.